The lowest BCUT2D eigenvalue weighted by atomic mass is 9.86. The third kappa shape index (κ3) is 8.23. The molecule has 0 saturated carbocycles. The fraction of sp³-hybridized carbons (Fsp3) is 0.381. The Kier molecular flexibility index (Phi) is 12.2. The van der Waals surface area contributed by atoms with Crippen LogP contribution in [-0.2, 0) is 0 Å². The third-order valence-corrected chi connectivity index (χ3v) is 8.75. The van der Waals surface area contributed by atoms with Crippen LogP contribution in [0.3, 0.4) is 0 Å². The minimum Gasteiger partial charge on any atom is -0.494 e. The van der Waals surface area contributed by atoms with Gasteiger partial charge >= 0.3 is 0 Å². The van der Waals surface area contributed by atoms with Crippen molar-refractivity contribution in [1.82, 2.24) is 0 Å². The van der Waals surface area contributed by atoms with Crippen molar-refractivity contribution < 1.29 is 9.47 Å². The molecule has 0 heterocycles. The van der Waals surface area contributed by atoms with Crippen LogP contribution < -0.4 is 9.47 Å². The summed E-state index contributed by atoms with van der Waals surface area (Å²) in [5, 5.41) is 5.08. The molecule has 0 N–H and O–H groups in total. The fourth-order valence-electron chi connectivity index (χ4n) is 6.33. The van der Waals surface area contributed by atoms with Crippen molar-refractivity contribution >= 4 is 21.5 Å². The zero-order valence-electron chi connectivity index (χ0n) is 27.0. The molecule has 0 aliphatic rings. The molecule has 5 rings (SSSR count). The van der Waals surface area contributed by atoms with Crippen LogP contribution in [0.1, 0.15) is 90.9 Å². The molecule has 0 atom stereocenters. The van der Waals surface area contributed by atoms with E-state index < -0.39 is 0 Å². The fourth-order valence-corrected chi connectivity index (χ4v) is 6.33. The van der Waals surface area contributed by atoms with Gasteiger partial charge in [-0.2, -0.15) is 0 Å². The zero-order valence-corrected chi connectivity index (χ0v) is 27.0. The molecule has 0 aromatic heterocycles. The highest BCUT2D eigenvalue weighted by Crippen LogP contribution is 2.44. The maximum absolute atomic E-state index is 6.11. The molecule has 2 nitrogen and oxygen atoms in total. The molecule has 0 spiro atoms. The Balaban J connectivity index is 1.35. The van der Waals surface area contributed by atoms with Crippen molar-refractivity contribution in [3.63, 3.8) is 0 Å². The minimum absolute atomic E-state index is 0.787. The van der Waals surface area contributed by atoms with E-state index in [0.29, 0.717) is 0 Å². The summed E-state index contributed by atoms with van der Waals surface area (Å²) < 4.78 is 12.2. The zero-order chi connectivity index (χ0) is 30.4. The van der Waals surface area contributed by atoms with Gasteiger partial charge in [-0.3, -0.25) is 0 Å². The van der Waals surface area contributed by atoms with E-state index in [1.807, 2.05) is 0 Å². The number of ether oxygens (including phenoxy) is 2. The van der Waals surface area contributed by atoms with E-state index in [0.717, 1.165) is 37.6 Å². The SMILES string of the molecule is CCCCCCCCOc1ccc(-c2c3ccccc3c(-c3ccc(OCCCCCCCC)cc3)c3ccccc23)cc1. The Morgan fingerprint density at radius 1 is 0.364 bits per heavy atom. The van der Waals surface area contributed by atoms with Gasteiger partial charge < -0.3 is 9.47 Å². The standard InChI is InChI=1S/C42H50O2/c1-3-5-7-9-11-17-31-43-35-27-23-33(24-28-35)41-37-19-13-15-21-39(37)42(40-22-16-14-20-38(40)41)34-25-29-36(30-26-34)44-32-18-12-10-8-6-4-2/h13-16,19-30H,3-12,17-18,31-32H2,1-2H3. The molecular formula is C42H50O2. The number of benzene rings is 5. The van der Waals surface area contributed by atoms with E-state index in [1.165, 1.54) is 108 Å². The van der Waals surface area contributed by atoms with E-state index in [9.17, 15) is 0 Å². The Bertz CT molecular complexity index is 1390. The van der Waals surface area contributed by atoms with Gasteiger partial charge in [0.1, 0.15) is 11.5 Å². The van der Waals surface area contributed by atoms with Crippen molar-refractivity contribution in [2.24, 2.45) is 0 Å². The smallest absolute Gasteiger partial charge is 0.119 e. The molecule has 230 valence electrons. The molecule has 0 aliphatic carbocycles. The van der Waals surface area contributed by atoms with E-state index in [2.05, 4.69) is 111 Å². The van der Waals surface area contributed by atoms with Crippen molar-refractivity contribution in [2.45, 2.75) is 90.9 Å². The maximum atomic E-state index is 6.11. The van der Waals surface area contributed by atoms with Crippen molar-refractivity contribution in [1.29, 1.82) is 0 Å². The highest BCUT2D eigenvalue weighted by molar-refractivity contribution is 6.21. The van der Waals surface area contributed by atoms with Gasteiger partial charge in [-0.05, 0) is 80.9 Å². The molecule has 0 unspecified atom stereocenters. The van der Waals surface area contributed by atoms with Gasteiger partial charge in [-0.1, -0.05) is 151 Å². The minimum atomic E-state index is 0.787. The van der Waals surface area contributed by atoms with Gasteiger partial charge in [0.15, 0.2) is 0 Å². The first-order chi connectivity index (χ1) is 21.8. The quantitative estimate of drug-likeness (QED) is 0.0751. The Labute approximate surface area is 265 Å². The second-order valence-corrected chi connectivity index (χ2v) is 12.1. The molecule has 44 heavy (non-hydrogen) atoms. The first-order valence-corrected chi connectivity index (χ1v) is 17.2. The van der Waals surface area contributed by atoms with Crippen molar-refractivity contribution in [3.05, 3.63) is 97.1 Å². The summed E-state index contributed by atoms with van der Waals surface area (Å²) in [5.41, 5.74) is 4.99. The van der Waals surface area contributed by atoms with Crippen LogP contribution in [0.2, 0.25) is 0 Å². The molecule has 5 aromatic rings. The van der Waals surface area contributed by atoms with E-state index in [1.54, 1.807) is 0 Å². The summed E-state index contributed by atoms with van der Waals surface area (Å²) in [6, 6.07) is 35.1. The molecule has 0 aliphatic heterocycles. The van der Waals surface area contributed by atoms with Crippen LogP contribution in [0.4, 0.5) is 0 Å². The highest BCUT2D eigenvalue weighted by Gasteiger charge is 2.16. The molecule has 0 saturated heterocycles. The number of fused-ring (bicyclic) bond motifs is 2. The predicted octanol–water partition coefficient (Wildman–Crippen LogP) is 12.8. The largest absolute Gasteiger partial charge is 0.494 e. The molecule has 0 fully saturated rings. The van der Waals surface area contributed by atoms with Gasteiger partial charge in [0.05, 0.1) is 13.2 Å². The molecule has 0 radical (unpaired) electrons. The molecular weight excluding hydrogens is 536 g/mol. The topological polar surface area (TPSA) is 18.5 Å². The summed E-state index contributed by atoms with van der Waals surface area (Å²) >= 11 is 0. The van der Waals surface area contributed by atoms with Crippen LogP contribution >= 0.6 is 0 Å². The summed E-state index contributed by atoms with van der Waals surface area (Å²) in [5.74, 6) is 1.90. The van der Waals surface area contributed by atoms with Gasteiger partial charge in [0.25, 0.3) is 0 Å². The number of hydrogen-bond acceptors (Lipinski definition) is 2. The first kappa shape index (κ1) is 31.6. The molecule has 5 aromatic carbocycles. The van der Waals surface area contributed by atoms with Crippen LogP contribution in [0, 0.1) is 0 Å². The van der Waals surface area contributed by atoms with E-state index in [4.69, 9.17) is 9.47 Å². The van der Waals surface area contributed by atoms with Crippen molar-refractivity contribution in [2.75, 3.05) is 13.2 Å². The summed E-state index contributed by atoms with van der Waals surface area (Å²) in [6.07, 6.45) is 15.3. The molecule has 0 bridgehead atoms. The van der Waals surface area contributed by atoms with Crippen LogP contribution in [-0.4, -0.2) is 13.2 Å². The van der Waals surface area contributed by atoms with E-state index >= 15 is 0 Å². The van der Waals surface area contributed by atoms with Crippen molar-refractivity contribution in [3.8, 4) is 33.8 Å². The average molecular weight is 587 g/mol. The lowest BCUT2D eigenvalue weighted by molar-refractivity contribution is 0.304. The second kappa shape index (κ2) is 16.9. The first-order valence-electron chi connectivity index (χ1n) is 17.2. The average Bonchev–Trinajstić information content (AvgIpc) is 3.07. The summed E-state index contributed by atoms with van der Waals surface area (Å²) in [4.78, 5) is 0. The normalized spacial score (nSPS) is 11.3. The van der Waals surface area contributed by atoms with Gasteiger partial charge in [-0.25, -0.2) is 0 Å². The summed E-state index contributed by atoms with van der Waals surface area (Å²) in [7, 11) is 0. The van der Waals surface area contributed by atoms with E-state index in [-0.39, 0.29) is 0 Å². The molecule has 0 amide bonds. The Hall–Kier alpha value is -3.78. The van der Waals surface area contributed by atoms with Gasteiger partial charge in [0.2, 0.25) is 0 Å². The number of hydrogen-bond donors (Lipinski definition) is 0. The van der Waals surface area contributed by atoms with Gasteiger partial charge in [-0.15, -0.1) is 0 Å². The summed E-state index contributed by atoms with van der Waals surface area (Å²) in [6.45, 7) is 6.10. The second-order valence-electron chi connectivity index (χ2n) is 12.1. The number of rotatable bonds is 18. The third-order valence-electron chi connectivity index (χ3n) is 8.75. The molecule has 2 heteroatoms. The monoisotopic (exact) mass is 586 g/mol. The lowest BCUT2D eigenvalue weighted by Crippen LogP contribution is -1.97. The predicted molar refractivity (Wildman–Crippen MR) is 190 cm³/mol. The van der Waals surface area contributed by atoms with Crippen LogP contribution in [0.5, 0.6) is 11.5 Å². The number of unbranched alkanes of at least 4 members (excludes halogenated alkanes) is 10. The highest BCUT2D eigenvalue weighted by atomic mass is 16.5. The maximum Gasteiger partial charge on any atom is 0.119 e. The Morgan fingerprint density at radius 3 is 1.02 bits per heavy atom. The van der Waals surface area contributed by atoms with Gasteiger partial charge in [0, 0.05) is 0 Å². The lowest BCUT2D eigenvalue weighted by Gasteiger charge is -2.18. The van der Waals surface area contributed by atoms with Crippen LogP contribution in [0.25, 0.3) is 43.8 Å². The van der Waals surface area contributed by atoms with Crippen LogP contribution in [0.15, 0.2) is 97.1 Å². The Morgan fingerprint density at radius 2 is 0.682 bits per heavy atom.